The number of benzene rings is 1. The molecule has 2 heterocycles. The molecule has 1 aliphatic heterocycles. The monoisotopic (exact) mass is 360 g/mol. The van der Waals surface area contributed by atoms with Crippen LogP contribution in [0.5, 0.6) is 5.75 Å². The third kappa shape index (κ3) is 4.39. The minimum absolute atomic E-state index is 0.00297. The molecule has 8 nitrogen and oxygen atoms in total. The van der Waals surface area contributed by atoms with E-state index < -0.39 is 5.41 Å². The molecule has 1 saturated heterocycles. The number of carbonyl (C=O) groups is 1. The molecule has 0 atom stereocenters. The number of nitrogens with zero attached hydrogens (tertiary/aromatic N) is 2. The fourth-order valence-corrected chi connectivity index (χ4v) is 3.06. The number of amides is 1. The zero-order chi connectivity index (χ0) is 18.4. The lowest BCUT2D eigenvalue weighted by molar-refractivity contribution is -0.130. The Morgan fingerprint density at radius 1 is 1.31 bits per heavy atom. The third-order valence-electron chi connectivity index (χ3n) is 4.51. The molecule has 0 unspecified atom stereocenters. The Balaban J connectivity index is 1.58. The maximum absolute atomic E-state index is 12.8. The summed E-state index contributed by atoms with van der Waals surface area (Å²) in [6.07, 6.45) is 1.52. The number of hydrogen-bond acceptors (Lipinski definition) is 7. The molecule has 1 amide bonds. The topological polar surface area (TPSA) is 98.5 Å². The average Bonchev–Trinajstić information content (AvgIpc) is 3.07. The Hall–Kier alpha value is -2.45. The first-order valence-corrected chi connectivity index (χ1v) is 8.64. The van der Waals surface area contributed by atoms with E-state index in [4.69, 9.17) is 14.0 Å². The van der Waals surface area contributed by atoms with Crippen LogP contribution in [0.1, 0.15) is 24.6 Å². The summed E-state index contributed by atoms with van der Waals surface area (Å²) in [5.41, 5.74) is 0.248. The van der Waals surface area contributed by atoms with E-state index in [1.165, 1.54) is 0 Å². The van der Waals surface area contributed by atoms with Gasteiger partial charge in [-0.15, -0.1) is 0 Å². The van der Waals surface area contributed by atoms with Gasteiger partial charge in [0.2, 0.25) is 17.6 Å². The van der Waals surface area contributed by atoms with Gasteiger partial charge in [-0.05, 0) is 50.2 Å². The number of aryl methyl sites for hydroxylation is 1. The highest BCUT2D eigenvalue weighted by atomic mass is 16.5. The van der Waals surface area contributed by atoms with Gasteiger partial charge in [0.25, 0.3) is 0 Å². The zero-order valence-corrected chi connectivity index (χ0v) is 15.1. The number of hydrogen-bond donors (Lipinski definition) is 2. The van der Waals surface area contributed by atoms with E-state index in [-0.39, 0.29) is 12.5 Å². The Morgan fingerprint density at radius 2 is 2.04 bits per heavy atom. The normalized spacial score (nSPS) is 16.2. The van der Waals surface area contributed by atoms with E-state index in [0.29, 0.717) is 24.1 Å². The molecule has 1 aromatic heterocycles. The fraction of sp³-hybridized carbons (Fsp3) is 0.500. The lowest BCUT2D eigenvalue weighted by Gasteiger charge is -2.35. The van der Waals surface area contributed by atoms with Crippen LogP contribution < -0.4 is 15.4 Å². The van der Waals surface area contributed by atoms with Gasteiger partial charge in [0.05, 0.1) is 12.0 Å². The minimum atomic E-state index is -0.481. The van der Waals surface area contributed by atoms with Crippen LogP contribution >= 0.6 is 0 Å². The number of carbonyl (C=O) groups excluding carboxylic acids is 1. The van der Waals surface area contributed by atoms with Crippen molar-refractivity contribution in [3.8, 4) is 5.75 Å². The Bertz CT molecular complexity index is 718. The van der Waals surface area contributed by atoms with Crippen LogP contribution in [0.4, 0.5) is 5.69 Å². The largest absolute Gasteiger partial charge is 0.485 e. The second-order valence-electron chi connectivity index (χ2n) is 6.46. The van der Waals surface area contributed by atoms with Gasteiger partial charge in [0.1, 0.15) is 5.75 Å². The van der Waals surface area contributed by atoms with Crippen molar-refractivity contribution in [2.75, 3.05) is 32.1 Å². The number of anilines is 1. The van der Waals surface area contributed by atoms with Gasteiger partial charge in [-0.25, -0.2) is 0 Å². The van der Waals surface area contributed by atoms with E-state index in [1.54, 1.807) is 26.2 Å². The van der Waals surface area contributed by atoms with Crippen LogP contribution in [0.2, 0.25) is 0 Å². The molecule has 1 fully saturated rings. The summed E-state index contributed by atoms with van der Waals surface area (Å²) in [6, 6.07) is 7.23. The van der Waals surface area contributed by atoms with Crippen molar-refractivity contribution in [2.45, 2.75) is 26.4 Å². The van der Waals surface area contributed by atoms with Crippen molar-refractivity contribution in [1.82, 2.24) is 15.5 Å². The first-order chi connectivity index (χ1) is 12.6. The summed E-state index contributed by atoms with van der Waals surface area (Å²) in [5.74, 6) is 1.66. The molecule has 2 aromatic rings. The lowest BCUT2D eigenvalue weighted by atomic mass is 9.78. The first kappa shape index (κ1) is 18.3. The molecular weight excluding hydrogens is 336 g/mol. The maximum atomic E-state index is 12.8. The van der Waals surface area contributed by atoms with E-state index in [0.717, 1.165) is 31.6 Å². The number of piperidine rings is 1. The van der Waals surface area contributed by atoms with Gasteiger partial charge in [0, 0.05) is 19.7 Å². The van der Waals surface area contributed by atoms with Crippen LogP contribution in [0.15, 0.2) is 28.8 Å². The van der Waals surface area contributed by atoms with E-state index in [2.05, 4.69) is 20.8 Å². The number of aromatic nitrogens is 2. The molecule has 26 heavy (non-hydrogen) atoms. The van der Waals surface area contributed by atoms with Gasteiger partial charge in [-0.3, -0.25) is 4.79 Å². The van der Waals surface area contributed by atoms with Gasteiger partial charge < -0.3 is 24.6 Å². The Kier molecular flexibility index (Phi) is 5.85. The van der Waals surface area contributed by atoms with Crippen LogP contribution in [0.3, 0.4) is 0 Å². The number of methoxy groups -OCH3 is 1. The fourth-order valence-electron chi connectivity index (χ4n) is 3.06. The van der Waals surface area contributed by atoms with Crippen LogP contribution in [-0.2, 0) is 16.1 Å². The summed E-state index contributed by atoms with van der Waals surface area (Å²) in [5, 5.41) is 10.1. The van der Waals surface area contributed by atoms with Crippen LogP contribution in [-0.4, -0.2) is 42.9 Å². The van der Waals surface area contributed by atoms with Crippen molar-refractivity contribution in [2.24, 2.45) is 5.41 Å². The first-order valence-electron chi connectivity index (χ1n) is 8.64. The summed E-state index contributed by atoms with van der Waals surface area (Å²) in [7, 11) is 1.63. The van der Waals surface area contributed by atoms with Crippen molar-refractivity contribution in [3.63, 3.8) is 0 Å². The predicted octanol–water partition coefficient (Wildman–Crippen LogP) is 1.91. The van der Waals surface area contributed by atoms with E-state index in [9.17, 15) is 4.79 Å². The maximum Gasteiger partial charge on any atom is 0.233 e. The van der Waals surface area contributed by atoms with Gasteiger partial charge in [-0.1, -0.05) is 5.16 Å². The van der Waals surface area contributed by atoms with Crippen LogP contribution in [0, 0.1) is 12.3 Å². The second-order valence-corrected chi connectivity index (χ2v) is 6.46. The highest BCUT2D eigenvalue weighted by Crippen LogP contribution is 2.31. The quantitative estimate of drug-likeness (QED) is 0.778. The van der Waals surface area contributed by atoms with Crippen molar-refractivity contribution < 1.29 is 18.8 Å². The average molecular weight is 360 g/mol. The molecule has 0 saturated carbocycles. The standard InChI is InChI=1S/C18H24N4O4/c1-13-20-16(22-26-13)11-25-15-5-3-14(4-6-15)21-17(23)18(12-24-2)7-9-19-10-8-18/h3-6,19H,7-12H2,1-2H3,(H,21,23). The molecule has 1 aromatic carbocycles. The molecule has 2 N–H and O–H groups in total. The zero-order valence-electron chi connectivity index (χ0n) is 15.1. The van der Waals surface area contributed by atoms with E-state index >= 15 is 0 Å². The van der Waals surface area contributed by atoms with Crippen molar-refractivity contribution >= 4 is 11.6 Å². The van der Waals surface area contributed by atoms with Crippen molar-refractivity contribution in [1.29, 1.82) is 0 Å². The van der Waals surface area contributed by atoms with Gasteiger partial charge >= 0.3 is 0 Å². The highest BCUT2D eigenvalue weighted by molar-refractivity contribution is 5.95. The number of rotatable bonds is 7. The second kappa shape index (κ2) is 8.29. The lowest BCUT2D eigenvalue weighted by Crippen LogP contribution is -2.47. The smallest absolute Gasteiger partial charge is 0.233 e. The summed E-state index contributed by atoms with van der Waals surface area (Å²) in [6.45, 7) is 4.02. The molecule has 8 heteroatoms. The molecule has 0 spiro atoms. The minimum Gasteiger partial charge on any atom is -0.485 e. The molecule has 3 rings (SSSR count). The van der Waals surface area contributed by atoms with Crippen molar-refractivity contribution in [3.05, 3.63) is 36.0 Å². The predicted molar refractivity (Wildman–Crippen MR) is 94.9 cm³/mol. The molecule has 0 aliphatic carbocycles. The Morgan fingerprint density at radius 3 is 2.65 bits per heavy atom. The van der Waals surface area contributed by atoms with E-state index in [1.807, 2.05) is 12.1 Å². The molecular formula is C18H24N4O4. The molecule has 0 radical (unpaired) electrons. The van der Waals surface area contributed by atoms with Gasteiger partial charge in [0.15, 0.2) is 6.61 Å². The van der Waals surface area contributed by atoms with Gasteiger partial charge in [-0.2, -0.15) is 4.98 Å². The molecule has 0 bridgehead atoms. The molecule has 1 aliphatic rings. The number of nitrogens with one attached hydrogen (secondary N) is 2. The third-order valence-corrected chi connectivity index (χ3v) is 4.51. The number of ether oxygens (including phenoxy) is 2. The summed E-state index contributed by atoms with van der Waals surface area (Å²) >= 11 is 0. The van der Waals surface area contributed by atoms with Crippen LogP contribution in [0.25, 0.3) is 0 Å². The summed E-state index contributed by atoms with van der Waals surface area (Å²) < 4.78 is 15.8. The highest BCUT2D eigenvalue weighted by Gasteiger charge is 2.39. The molecule has 140 valence electrons. The SMILES string of the molecule is COCC1(C(=O)Nc2ccc(OCc3noc(C)n3)cc2)CCNCC1. The summed E-state index contributed by atoms with van der Waals surface area (Å²) in [4.78, 5) is 16.9. The Labute approximate surface area is 152 Å².